The van der Waals surface area contributed by atoms with Crippen molar-refractivity contribution in [2.75, 3.05) is 13.7 Å². The fourth-order valence-electron chi connectivity index (χ4n) is 1.82. The highest BCUT2D eigenvalue weighted by atomic mass is 16.5. The fraction of sp³-hybridized carbons (Fsp3) is 0.750. The predicted molar refractivity (Wildman–Crippen MR) is 60.6 cm³/mol. The molecular formula is C12H22O3. The van der Waals surface area contributed by atoms with Gasteiger partial charge in [0.2, 0.25) is 0 Å². The summed E-state index contributed by atoms with van der Waals surface area (Å²) in [7, 11) is 1.62. The van der Waals surface area contributed by atoms with Gasteiger partial charge >= 0.3 is 5.97 Å². The molecule has 0 saturated heterocycles. The number of hydrogen-bond acceptors (Lipinski definition) is 3. The largest absolute Gasteiger partial charge is 0.465 e. The van der Waals surface area contributed by atoms with Gasteiger partial charge in [-0.25, -0.2) is 0 Å². The zero-order valence-electron chi connectivity index (χ0n) is 10.2. The fourth-order valence-corrected chi connectivity index (χ4v) is 1.82. The first-order valence-corrected chi connectivity index (χ1v) is 5.37. The molecule has 88 valence electrons. The first-order valence-electron chi connectivity index (χ1n) is 5.37. The molecule has 0 aliphatic carbocycles. The minimum absolute atomic E-state index is 0.130. The van der Waals surface area contributed by atoms with E-state index in [2.05, 4.69) is 6.58 Å². The van der Waals surface area contributed by atoms with E-state index in [1.165, 1.54) is 0 Å². The Bertz CT molecular complexity index is 209. The third-order valence-corrected chi connectivity index (χ3v) is 2.68. The Morgan fingerprint density at radius 3 is 2.47 bits per heavy atom. The first-order chi connectivity index (χ1) is 7.06. The van der Waals surface area contributed by atoms with Crippen LogP contribution in [0.4, 0.5) is 0 Å². The summed E-state index contributed by atoms with van der Waals surface area (Å²) in [6.07, 6.45) is 2.95. The molecule has 0 aromatic rings. The third-order valence-electron chi connectivity index (χ3n) is 2.68. The molecular weight excluding hydrogens is 192 g/mol. The van der Waals surface area contributed by atoms with Crippen LogP contribution in [-0.4, -0.2) is 25.8 Å². The summed E-state index contributed by atoms with van der Waals surface area (Å²) in [4.78, 5) is 11.9. The molecule has 3 nitrogen and oxygen atoms in total. The van der Waals surface area contributed by atoms with E-state index < -0.39 is 5.41 Å². The predicted octanol–water partition coefficient (Wildman–Crippen LogP) is 2.56. The highest BCUT2D eigenvalue weighted by Crippen LogP contribution is 2.32. The van der Waals surface area contributed by atoms with Crippen molar-refractivity contribution >= 4 is 5.97 Å². The Morgan fingerprint density at radius 1 is 1.53 bits per heavy atom. The highest BCUT2D eigenvalue weighted by Gasteiger charge is 2.41. The van der Waals surface area contributed by atoms with Gasteiger partial charge in [-0.2, -0.15) is 0 Å². The molecule has 0 spiro atoms. The van der Waals surface area contributed by atoms with Crippen LogP contribution in [0, 0.1) is 5.41 Å². The van der Waals surface area contributed by atoms with Crippen LogP contribution >= 0.6 is 0 Å². The lowest BCUT2D eigenvalue weighted by Crippen LogP contribution is -2.41. The van der Waals surface area contributed by atoms with Crippen molar-refractivity contribution in [2.45, 2.75) is 39.7 Å². The normalized spacial score (nSPS) is 16.5. The number of hydrogen-bond donors (Lipinski definition) is 0. The van der Waals surface area contributed by atoms with Crippen molar-refractivity contribution in [3.8, 4) is 0 Å². The van der Waals surface area contributed by atoms with Gasteiger partial charge in [0, 0.05) is 7.11 Å². The van der Waals surface area contributed by atoms with Crippen LogP contribution in [-0.2, 0) is 14.3 Å². The summed E-state index contributed by atoms with van der Waals surface area (Å²) in [6.45, 7) is 9.74. The van der Waals surface area contributed by atoms with E-state index in [4.69, 9.17) is 9.47 Å². The van der Waals surface area contributed by atoms with Crippen molar-refractivity contribution < 1.29 is 14.3 Å². The second-order valence-corrected chi connectivity index (χ2v) is 3.76. The molecule has 0 aromatic carbocycles. The third kappa shape index (κ3) is 3.34. The van der Waals surface area contributed by atoms with Crippen LogP contribution in [0.25, 0.3) is 0 Å². The lowest BCUT2D eigenvalue weighted by Gasteiger charge is -2.33. The van der Waals surface area contributed by atoms with Gasteiger partial charge < -0.3 is 9.47 Å². The second-order valence-electron chi connectivity index (χ2n) is 3.76. The number of methoxy groups -OCH3 is 1. The maximum atomic E-state index is 11.9. The second kappa shape index (κ2) is 6.62. The van der Waals surface area contributed by atoms with E-state index in [-0.39, 0.29) is 12.1 Å². The minimum atomic E-state index is -0.624. The molecule has 0 rings (SSSR count). The smallest absolute Gasteiger partial charge is 0.314 e. The van der Waals surface area contributed by atoms with Gasteiger partial charge in [-0.15, -0.1) is 6.58 Å². The van der Waals surface area contributed by atoms with E-state index in [1.54, 1.807) is 20.1 Å². The number of carbonyl (C=O) groups is 1. The van der Waals surface area contributed by atoms with Gasteiger partial charge in [0.25, 0.3) is 0 Å². The highest BCUT2D eigenvalue weighted by molar-refractivity contribution is 5.77. The summed E-state index contributed by atoms with van der Waals surface area (Å²) in [5, 5.41) is 0. The van der Waals surface area contributed by atoms with E-state index >= 15 is 0 Å². The Kier molecular flexibility index (Phi) is 6.25. The van der Waals surface area contributed by atoms with Gasteiger partial charge in [-0.05, 0) is 26.7 Å². The molecule has 2 atom stereocenters. The average Bonchev–Trinajstić information content (AvgIpc) is 2.20. The monoisotopic (exact) mass is 214 g/mol. The molecule has 0 aromatic heterocycles. The lowest BCUT2D eigenvalue weighted by molar-refractivity contribution is -0.163. The molecule has 0 N–H and O–H groups in total. The van der Waals surface area contributed by atoms with Gasteiger partial charge in [-0.1, -0.05) is 13.0 Å². The topological polar surface area (TPSA) is 35.5 Å². The maximum absolute atomic E-state index is 11.9. The Hall–Kier alpha value is -0.830. The van der Waals surface area contributed by atoms with E-state index in [0.717, 1.165) is 6.42 Å². The van der Waals surface area contributed by atoms with Crippen LogP contribution < -0.4 is 0 Å². The van der Waals surface area contributed by atoms with Crippen LogP contribution in [0.3, 0.4) is 0 Å². The van der Waals surface area contributed by atoms with E-state index in [1.807, 2.05) is 13.8 Å². The van der Waals surface area contributed by atoms with Crippen LogP contribution in [0.5, 0.6) is 0 Å². The van der Waals surface area contributed by atoms with Gasteiger partial charge in [0.1, 0.15) is 0 Å². The molecule has 0 fully saturated rings. The number of allylic oxidation sites excluding steroid dienone is 1. The molecule has 0 saturated carbocycles. The molecule has 15 heavy (non-hydrogen) atoms. The molecule has 0 aliphatic heterocycles. The molecule has 3 heteroatoms. The van der Waals surface area contributed by atoms with Gasteiger partial charge in [-0.3, -0.25) is 4.79 Å². The number of ether oxygens (including phenoxy) is 2. The number of rotatable bonds is 7. The minimum Gasteiger partial charge on any atom is -0.465 e. The van der Waals surface area contributed by atoms with Crippen molar-refractivity contribution in [1.82, 2.24) is 0 Å². The summed E-state index contributed by atoms with van der Waals surface area (Å²) in [6, 6.07) is 0. The van der Waals surface area contributed by atoms with Crippen molar-refractivity contribution in [1.29, 1.82) is 0 Å². The average molecular weight is 214 g/mol. The zero-order chi connectivity index (χ0) is 11.9. The first kappa shape index (κ1) is 14.2. The zero-order valence-corrected chi connectivity index (χ0v) is 10.2. The molecule has 0 bridgehead atoms. The lowest BCUT2D eigenvalue weighted by atomic mass is 9.79. The van der Waals surface area contributed by atoms with Crippen LogP contribution in [0.2, 0.25) is 0 Å². The Morgan fingerprint density at radius 2 is 2.13 bits per heavy atom. The van der Waals surface area contributed by atoms with Crippen molar-refractivity contribution in [3.63, 3.8) is 0 Å². The van der Waals surface area contributed by atoms with Crippen molar-refractivity contribution in [3.05, 3.63) is 12.7 Å². The van der Waals surface area contributed by atoms with Crippen molar-refractivity contribution in [2.24, 2.45) is 5.41 Å². The van der Waals surface area contributed by atoms with Crippen LogP contribution in [0.15, 0.2) is 12.7 Å². The Balaban J connectivity index is 4.84. The summed E-state index contributed by atoms with van der Waals surface area (Å²) < 4.78 is 10.4. The summed E-state index contributed by atoms with van der Waals surface area (Å²) in [5.74, 6) is -0.210. The standard InChI is InChI=1S/C12H22O3/c1-6-9-12(4,10(7-2)14-5)11(13)15-8-3/h6,10H,1,7-9H2,2-5H3/t10-,12+/m0/s1. The number of carbonyl (C=O) groups excluding carboxylic acids is 1. The molecule has 0 amide bonds. The number of esters is 1. The molecule has 0 radical (unpaired) electrons. The summed E-state index contributed by atoms with van der Waals surface area (Å²) in [5.41, 5.74) is -0.624. The molecule has 0 aliphatic rings. The molecule has 0 unspecified atom stereocenters. The van der Waals surface area contributed by atoms with E-state index in [9.17, 15) is 4.79 Å². The quantitative estimate of drug-likeness (QED) is 0.482. The van der Waals surface area contributed by atoms with Crippen LogP contribution in [0.1, 0.15) is 33.6 Å². The Labute approximate surface area is 92.5 Å². The molecule has 0 heterocycles. The maximum Gasteiger partial charge on any atom is 0.314 e. The van der Waals surface area contributed by atoms with Gasteiger partial charge in [0.15, 0.2) is 0 Å². The van der Waals surface area contributed by atoms with E-state index in [0.29, 0.717) is 13.0 Å². The SMILES string of the molecule is C=CC[C@@](C)(C(=O)OCC)[C@H](CC)OC. The van der Waals surface area contributed by atoms with Gasteiger partial charge in [0.05, 0.1) is 18.1 Å². The summed E-state index contributed by atoms with van der Waals surface area (Å²) >= 11 is 0.